The molecule has 116 valence electrons. The molecule has 1 saturated carbocycles. The summed E-state index contributed by atoms with van der Waals surface area (Å²) in [5.41, 5.74) is 0.571. The molecule has 0 spiro atoms. The number of hydrogen-bond acceptors (Lipinski definition) is 4. The van der Waals surface area contributed by atoms with E-state index in [0.29, 0.717) is 12.1 Å². The number of nitrogens with zero attached hydrogens (tertiary/aromatic N) is 2. The summed E-state index contributed by atoms with van der Waals surface area (Å²) in [5, 5.41) is 13.9. The molecular weight excluding hydrogens is 316 g/mol. The highest BCUT2D eigenvalue weighted by molar-refractivity contribution is 7.91. The molecule has 6 nitrogen and oxygen atoms in total. The van der Waals surface area contributed by atoms with Crippen molar-refractivity contribution in [3.8, 4) is 0 Å². The summed E-state index contributed by atoms with van der Waals surface area (Å²) in [7, 11) is -3.07. The number of sulfone groups is 1. The Kier molecular flexibility index (Phi) is 3.73. The fourth-order valence-corrected chi connectivity index (χ4v) is 5.37. The molecule has 0 radical (unpaired) electrons. The third-order valence-electron chi connectivity index (χ3n) is 4.39. The van der Waals surface area contributed by atoms with Crippen LogP contribution in [0.5, 0.6) is 0 Å². The van der Waals surface area contributed by atoms with Gasteiger partial charge in [0.05, 0.1) is 23.2 Å². The van der Waals surface area contributed by atoms with E-state index in [-0.39, 0.29) is 34.2 Å². The van der Waals surface area contributed by atoms with E-state index in [1.165, 1.54) is 4.68 Å². The molecule has 8 heteroatoms. The van der Waals surface area contributed by atoms with E-state index < -0.39 is 15.8 Å². The van der Waals surface area contributed by atoms with Gasteiger partial charge in [0.1, 0.15) is 10.7 Å². The molecule has 1 aliphatic heterocycles. The number of carboxylic acids is 1. The second-order valence-electron chi connectivity index (χ2n) is 5.84. The summed E-state index contributed by atoms with van der Waals surface area (Å²) < 4.78 is 24.6. The van der Waals surface area contributed by atoms with Crippen molar-refractivity contribution in [1.82, 2.24) is 9.78 Å². The molecule has 0 bridgehead atoms. The zero-order valence-corrected chi connectivity index (χ0v) is 13.0. The first-order valence-electron chi connectivity index (χ1n) is 7.10. The van der Waals surface area contributed by atoms with Crippen molar-refractivity contribution < 1.29 is 18.3 Å². The van der Waals surface area contributed by atoms with E-state index in [1.807, 2.05) is 0 Å². The highest BCUT2D eigenvalue weighted by Crippen LogP contribution is 2.39. The number of halogens is 1. The second kappa shape index (κ2) is 5.28. The van der Waals surface area contributed by atoms with Crippen molar-refractivity contribution >= 4 is 27.4 Å². The van der Waals surface area contributed by atoms with Crippen molar-refractivity contribution in [2.24, 2.45) is 0 Å². The molecule has 1 unspecified atom stereocenters. The summed E-state index contributed by atoms with van der Waals surface area (Å²) in [6, 6.07) is -0.351. The molecule has 2 heterocycles. The van der Waals surface area contributed by atoms with Gasteiger partial charge in [0.25, 0.3) is 0 Å². The van der Waals surface area contributed by atoms with Crippen molar-refractivity contribution in [3.63, 3.8) is 0 Å². The van der Waals surface area contributed by atoms with E-state index >= 15 is 0 Å². The van der Waals surface area contributed by atoms with Gasteiger partial charge in [-0.05, 0) is 19.3 Å². The van der Waals surface area contributed by atoms with Crippen LogP contribution >= 0.6 is 11.6 Å². The summed E-state index contributed by atoms with van der Waals surface area (Å²) in [5.74, 6) is -0.881. The van der Waals surface area contributed by atoms with Gasteiger partial charge in [-0.25, -0.2) is 17.9 Å². The maximum absolute atomic E-state index is 11.6. The van der Waals surface area contributed by atoms with Crippen LogP contribution in [0.2, 0.25) is 5.15 Å². The molecule has 0 amide bonds. The van der Waals surface area contributed by atoms with Crippen LogP contribution < -0.4 is 0 Å². The number of aromatic nitrogens is 2. The smallest absolute Gasteiger partial charge is 0.340 e. The molecule has 0 aromatic carbocycles. The lowest BCUT2D eigenvalue weighted by molar-refractivity contribution is 0.0695. The Morgan fingerprint density at radius 2 is 1.95 bits per heavy atom. The van der Waals surface area contributed by atoms with Crippen molar-refractivity contribution in [3.05, 3.63) is 16.4 Å². The lowest BCUT2D eigenvalue weighted by atomic mass is 10.0. The van der Waals surface area contributed by atoms with Crippen molar-refractivity contribution in [2.45, 2.75) is 44.1 Å². The fraction of sp³-hybridized carbons (Fsp3) is 0.692. The van der Waals surface area contributed by atoms with E-state index in [2.05, 4.69) is 5.10 Å². The minimum absolute atomic E-state index is 0.0163. The van der Waals surface area contributed by atoms with E-state index in [9.17, 15) is 18.3 Å². The Morgan fingerprint density at radius 3 is 2.48 bits per heavy atom. The summed E-state index contributed by atoms with van der Waals surface area (Å²) >= 11 is 6.20. The average Bonchev–Trinajstić information content (AvgIpc) is 3.07. The topological polar surface area (TPSA) is 89.3 Å². The largest absolute Gasteiger partial charge is 0.478 e. The van der Waals surface area contributed by atoms with Crippen LogP contribution in [0.3, 0.4) is 0 Å². The summed E-state index contributed by atoms with van der Waals surface area (Å²) in [6.07, 6.45) is 4.39. The first-order chi connectivity index (χ1) is 9.89. The Bertz CT molecular complexity index is 677. The van der Waals surface area contributed by atoms with Gasteiger partial charge in [0.2, 0.25) is 0 Å². The van der Waals surface area contributed by atoms with Gasteiger partial charge < -0.3 is 5.11 Å². The molecule has 1 aromatic heterocycles. The quantitative estimate of drug-likeness (QED) is 0.917. The van der Waals surface area contributed by atoms with Crippen molar-refractivity contribution in [2.75, 3.05) is 11.5 Å². The van der Waals surface area contributed by atoms with Gasteiger partial charge >= 0.3 is 5.97 Å². The molecule has 3 rings (SSSR count). The normalized spacial score (nSPS) is 25.5. The Balaban J connectivity index is 2.02. The third-order valence-corrected chi connectivity index (χ3v) is 6.50. The predicted octanol–water partition coefficient (Wildman–Crippen LogP) is 2.25. The van der Waals surface area contributed by atoms with E-state index in [0.717, 1.165) is 25.7 Å². The maximum Gasteiger partial charge on any atom is 0.340 e. The van der Waals surface area contributed by atoms with Gasteiger partial charge in [-0.3, -0.25) is 0 Å². The molecule has 1 aromatic rings. The van der Waals surface area contributed by atoms with Gasteiger partial charge in [-0.15, -0.1) is 0 Å². The first kappa shape index (κ1) is 14.8. The zero-order valence-electron chi connectivity index (χ0n) is 11.5. The van der Waals surface area contributed by atoms with Gasteiger partial charge in [-0.2, -0.15) is 5.10 Å². The molecule has 2 aliphatic rings. The van der Waals surface area contributed by atoms with Gasteiger partial charge in [-0.1, -0.05) is 24.4 Å². The standard InChI is InChI=1S/C13H17ClN2O4S/c14-12-10(13(17)18)11(8-3-1-2-4-8)15-16(12)9-5-6-21(19,20)7-9/h8-9H,1-7H2,(H,17,18). The van der Waals surface area contributed by atoms with Crippen molar-refractivity contribution in [1.29, 1.82) is 0 Å². The van der Waals surface area contributed by atoms with Crippen LogP contribution in [0.25, 0.3) is 0 Å². The lowest BCUT2D eigenvalue weighted by Gasteiger charge is -2.10. The molecule has 1 atom stereocenters. The summed E-state index contributed by atoms with van der Waals surface area (Å²) in [4.78, 5) is 11.5. The Labute approximate surface area is 128 Å². The minimum Gasteiger partial charge on any atom is -0.478 e. The third kappa shape index (κ3) is 2.68. The maximum atomic E-state index is 11.6. The molecular formula is C13H17ClN2O4S. The summed E-state index contributed by atoms with van der Waals surface area (Å²) in [6.45, 7) is 0. The van der Waals surface area contributed by atoms with Crippen LogP contribution in [0.1, 0.15) is 60.1 Å². The second-order valence-corrected chi connectivity index (χ2v) is 8.43. The number of carboxylic acid groups (broad SMARTS) is 1. The van der Waals surface area contributed by atoms with Crippen LogP contribution in [0, 0.1) is 0 Å². The van der Waals surface area contributed by atoms with Gasteiger partial charge in [0.15, 0.2) is 9.84 Å². The average molecular weight is 333 g/mol. The van der Waals surface area contributed by atoms with Gasteiger partial charge in [0, 0.05) is 5.92 Å². The highest BCUT2D eigenvalue weighted by atomic mass is 35.5. The number of rotatable bonds is 3. The number of aromatic carboxylic acids is 1. The molecule has 1 aliphatic carbocycles. The fourth-order valence-electron chi connectivity index (χ4n) is 3.32. The first-order valence-corrected chi connectivity index (χ1v) is 9.30. The molecule has 2 fully saturated rings. The van der Waals surface area contributed by atoms with E-state index in [4.69, 9.17) is 11.6 Å². The predicted molar refractivity (Wildman–Crippen MR) is 77.7 cm³/mol. The van der Waals surface area contributed by atoms with Crippen LogP contribution in [-0.2, 0) is 9.84 Å². The highest BCUT2D eigenvalue weighted by Gasteiger charge is 2.35. The molecule has 1 saturated heterocycles. The van der Waals surface area contributed by atoms with E-state index in [1.54, 1.807) is 0 Å². The minimum atomic E-state index is -3.07. The number of hydrogen-bond donors (Lipinski definition) is 1. The van der Waals surface area contributed by atoms with Crippen LogP contribution in [0.15, 0.2) is 0 Å². The Morgan fingerprint density at radius 1 is 1.29 bits per heavy atom. The molecule has 1 N–H and O–H groups in total. The van der Waals surface area contributed by atoms with Crippen LogP contribution in [-0.4, -0.2) is 40.8 Å². The molecule has 21 heavy (non-hydrogen) atoms. The zero-order chi connectivity index (χ0) is 15.2. The number of carbonyl (C=O) groups is 1. The SMILES string of the molecule is O=C(O)c1c(C2CCCC2)nn(C2CCS(=O)(=O)C2)c1Cl. The monoisotopic (exact) mass is 332 g/mol. The van der Waals surface area contributed by atoms with Crippen LogP contribution in [0.4, 0.5) is 0 Å². The lowest BCUT2D eigenvalue weighted by Crippen LogP contribution is -2.13. The Hall–Kier alpha value is -1.08.